The summed E-state index contributed by atoms with van der Waals surface area (Å²) < 4.78 is 0. The van der Waals surface area contributed by atoms with E-state index in [2.05, 4.69) is 10.6 Å². The molecule has 0 bridgehead atoms. The number of benzene rings is 1. The van der Waals surface area contributed by atoms with Crippen LogP contribution in [0.3, 0.4) is 0 Å². The molecule has 1 saturated carbocycles. The summed E-state index contributed by atoms with van der Waals surface area (Å²) in [4.78, 5) is 11.8. The topological polar surface area (TPSA) is 61.4 Å². The van der Waals surface area contributed by atoms with Crippen LogP contribution in [0.1, 0.15) is 25.7 Å². The van der Waals surface area contributed by atoms with Crippen LogP contribution in [0.15, 0.2) is 24.3 Å². The van der Waals surface area contributed by atoms with Crippen LogP contribution in [-0.4, -0.2) is 30.7 Å². The number of carbonyl (C=O) groups excluding carboxylic acids is 1. The Morgan fingerprint density at radius 3 is 2.75 bits per heavy atom. The summed E-state index contributed by atoms with van der Waals surface area (Å²) in [5.41, 5.74) is 0.665. The predicted octanol–water partition coefficient (Wildman–Crippen LogP) is 2.42. The second-order valence-electron chi connectivity index (χ2n) is 5.53. The third-order valence-corrected chi connectivity index (χ3v) is 4.13. The molecule has 1 aromatic rings. The fourth-order valence-corrected chi connectivity index (χ4v) is 2.92. The van der Waals surface area contributed by atoms with Crippen LogP contribution in [0.4, 0.5) is 5.69 Å². The number of hydrogen-bond acceptors (Lipinski definition) is 3. The van der Waals surface area contributed by atoms with E-state index in [9.17, 15) is 9.90 Å². The fraction of sp³-hybridized carbons (Fsp3) is 0.533. The number of anilines is 1. The van der Waals surface area contributed by atoms with E-state index in [1.807, 2.05) is 0 Å². The highest BCUT2D eigenvalue weighted by atomic mass is 35.5. The normalized spacial score (nSPS) is 17.1. The largest absolute Gasteiger partial charge is 0.396 e. The summed E-state index contributed by atoms with van der Waals surface area (Å²) in [5.74, 6) is -0.0987. The van der Waals surface area contributed by atoms with Gasteiger partial charge in [-0.25, -0.2) is 0 Å². The first-order chi connectivity index (χ1) is 9.63. The Morgan fingerprint density at radius 2 is 2.10 bits per heavy atom. The van der Waals surface area contributed by atoms with Gasteiger partial charge in [-0.2, -0.15) is 0 Å². The van der Waals surface area contributed by atoms with Crippen molar-refractivity contribution in [1.82, 2.24) is 5.32 Å². The van der Waals surface area contributed by atoms with Gasteiger partial charge >= 0.3 is 0 Å². The molecule has 110 valence electrons. The van der Waals surface area contributed by atoms with E-state index in [1.54, 1.807) is 24.3 Å². The Bertz CT molecular complexity index is 459. The number of hydrogen-bond donors (Lipinski definition) is 3. The molecule has 2 rings (SSSR count). The number of rotatable bonds is 6. The summed E-state index contributed by atoms with van der Waals surface area (Å²) in [6, 6.07) is 7.08. The van der Waals surface area contributed by atoms with Crippen molar-refractivity contribution in [3.05, 3.63) is 29.3 Å². The average molecular weight is 297 g/mol. The van der Waals surface area contributed by atoms with Gasteiger partial charge in [-0.1, -0.05) is 30.5 Å². The second-order valence-corrected chi connectivity index (χ2v) is 5.96. The van der Waals surface area contributed by atoms with Gasteiger partial charge in [-0.05, 0) is 31.0 Å². The fourth-order valence-electron chi connectivity index (χ4n) is 2.73. The lowest BCUT2D eigenvalue weighted by Crippen LogP contribution is -2.38. The van der Waals surface area contributed by atoms with Gasteiger partial charge < -0.3 is 15.7 Å². The van der Waals surface area contributed by atoms with Gasteiger partial charge in [0.1, 0.15) is 0 Å². The summed E-state index contributed by atoms with van der Waals surface area (Å²) in [6.45, 7) is 1.12. The van der Waals surface area contributed by atoms with Gasteiger partial charge in [-0.15, -0.1) is 0 Å². The highest BCUT2D eigenvalue weighted by molar-refractivity contribution is 6.30. The minimum absolute atomic E-state index is 0.0314. The number of carbonyl (C=O) groups is 1. The van der Waals surface area contributed by atoms with E-state index in [-0.39, 0.29) is 24.5 Å². The zero-order valence-electron chi connectivity index (χ0n) is 11.5. The summed E-state index contributed by atoms with van der Waals surface area (Å²) in [7, 11) is 0. The lowest BCUT2D eigenvalue weighted by atomic mass is 9.87. The molecule has 0 aromatic heterocycles. The molecule has 20 heavy (non-hydrogen) atoms. The molecule has 1 aromatic carbocycles. The minimum atomic E-state index is -0.0987. The van der Waals surface area contributed by atoms with E-state index < -0.39 is 0 Å². The number of aliphatic hydroxyl groups is 1. The molecule has 0 heterocycles. The Kier molecular flexibility index (Phi) is 5.40. The molecule has 0 aliphatic heterocycles. The maximum atomic E-state index is 11.8. The van der Waals surface area contributed by atoms with Crippen molar-refractivity contribution in [1.29, 1.82) is 0 Å². The predicted molar refractivity (Wildman–Crippen MR) is 80.9 cm³/mol. The van der Waals surface area contributed by atoms with Crippen molar-refractivity contribution in [2.75, 3.05) is 25.0 Å². The van der Waals surface area contributed by atoms with Crippen LogP contribution in [0.5, 0.6) is 0 Å². The maximum Gasteiger partial charge on any atom is 0.238 e. The van der Waals surface area contributed by atoms with Crippen molar-refractivity contribution in [2.24, 2.45) is 5.41 Å². The first-order valence-corrected chi connectivity index (χ1v) is 7.38. The van der Waals surface area contributed by atoms with Gasteiger partial charge in [0.2, 0.25) is 5.91 Å². The monoisotopic (exact) mass is 296 g/mol. The van der Waals surface area contributed by atoms with Gasteiger partial charge in [0, 0.05) is 29.3 Å². The Hall–Kier alpha value is -1.10. The number of nitrogens with one attached hydrogen (secondary N) is 2. The number of aliphatic hydroxyl groups excluding tert-OH is 1. The van der Waals surface area contributed by atoms with E-state index in [1.165, 1.54) is 0 Å². The summed E-state index contributed by atoms with van der Waals surface area (Å²) in [5, 5.41) is 16.0. The molecule has 0 radical (unpaired) electrons. The van der Waals surface area contributed by atoms with E-state index in [0.29, 0.717) is 17.3 Å². The summed E-state index contributed by atoms with van der Waals surface area (Å²) in [6.07, 6.45) is 4.40. The van der Waals surface area contributed by atoms with Crippen LogP contribution < -0.4 is 10.6 Å². The van der Waals surface area contributed by atoms with Crippen molar-refractivity contribution in [3.8, 4) is 0 Å². The van der Waals surface area contributed by atoms with Crippen molar-refractivity contribution in [2.45, 2.75) is 25.7 Å². The van der Waals surface area contributed by atoms with Gasteiger partial charge in [0.15, 0.2) is 0 Å². The van der Waals surface area contributed by atoms with E-state index in [4.69, 9.17) is 11.6 Å². The molecular formula is C15H21ClN2O2. The van der Waals surface area contributed by atoms with Crippen LogP contribution in [-0.2, 0) is 4.79 Å². The highest BCUT2D eigenvalue weighted by Crippen LogP contribution is 2.36. The lowest BCUT2D eigenvalue weighted by Gasteiger charge is -2.26. The van der Waals surface area contributed by atoms with Gasteiger partial charge in [-0.3, -0.25) is 4.79 Å². The molecule has 1 fully saturated rings. The van der Waals surface area contributed by atoms with E-state index in [0.717, 1.165) is 25.7 Å². The maximum absolute atomic E-state index is 11.8. The SMILES string of the molecule is O=C(CNCC1(CO)CCCC1)Nc1cccc(Cl)c1. The van der Waals surface area contributed by atoms with Crippen LogP contribution in [0.25, 0.3) is 0 Å². The quantitative estimate of drug-likeness (QED) is 0.755. The molecule has 5 heteroatoms. The Balaban J connectivity index is 1.75. The van der Waals surface area contributed by atoms with Crippen LogP contribution in [0.2, 0.25) is 5.02 Å². The number of halogens is 1. The summed E-state index contributed by atoms with van der Waals surface area (Å²) >= 11 is 5.86. The average Bonchev–Trinajstić information content (AvgIpc) is 2.88. The van der Waals surface area contributed by atoms with Crippen molar-refractivity contribution >= 4 is 23.2 Å². The highest BCUT2D eigenvalue weighted by Gasteiger charge is 2.32. The molecule has 1 aliphatic carbocycles. The third kappa shape index (κ3) is 4.20. The Labute approximate surface area is 124 Å². The Morgan fingerprint density at radius 1 is 1.35 bits per heavy atom. The zero-order chi connectivity index (χ0) is 14.4. The molecule has 1 aliphatic rings. The van der Waals surface area contributed by atoms with Crippen molar-refractivity contribution in [3.63, 3.8) is 0 Å². The number of amides is 1. The molecule has 4 nitrogen and oxygen atoms in total. The zero-order valence-corrected chi connectivity index (χ0v) is 12.2. The van der Waals surface area contributed by atoms with Gasteiger partial charge in [0.05, 0.1) is 6.54 Å². The molecule has 3 N–H and O–H groups in total. The molecule has 0 unspecified atom stereocenters. The minimum Gasteiger partial charge on any atom is -0.396 e. The third-order valence-electron chi connectivity index (χ3n) is 3.89. The molecule has 0 saturated heterocycles. The van der Waals surface area contributed by atoms with Crippen molar-refractivity contribution < 1.29 is 9.90 Å². The molecule has 0 atom stereocenters. The van der Waals surface area contributed by atoms with Crippen LogP contribution in [0, 0.1) is 5.41 Å². The van der Waals surface area contributed by atoms with Gasteiger partial charge in [0.25, 0.3) is 0 Å². The smallest absolute Gasteiger partial charge is 0.238 e. The second kappa shape index (κ2) is 7.07. The first kappa shape index (κ1) is 15.3. The molecule has 0 spiro atoms. The van der Waals surface area contributed by atoms with Crippen LogP contribution >= 0.6 is 11.6 Å². The molecule has 1 amide bonds. The first-order valence-electron chi connectivity index (χ1n) is 7.01. The standard InChI is InChI=1S/C15H21ClN2O2/c16-12-4-3-5-13(8-12)18-14(20)9-17-10-15(11-19)6-1-2-7-15/h3-5,8,17,19H,1-2,6-7,9-11H2,(H,18,20). The molecular weight excluding hydrogens is 276 g/mol. The lowest BCUT2D eigenvalue weighted by molar-refractivity contribution is -0.115. The van der Waals surface area contributed by atoms with E-state index >= 15 is 0 Å².